The predicted octanol–water partition coefficient (Wildman–Crippen LogP) is 3.50. The highest BCUT2D eigenvalue weighted by Crippen LogP contribution is 2.36. The van der Waals surface area contributed by atoms with Crippen LogP contribution in [0.1, 0.15) is 31.1 Å². The largest absolute Gasteiger partial charge is 0.416 e. The van der Waals surface area contributed by atoms with Crippen molar-refractivity contribution in [3.05, 3.63) is 54.1 Å². The van der Waals surface area contributed by atoms with Gasteiger partial charge in [-0.2, -0.15) is 13.2 Å². The number of alkyl halides is 3. The topological polar surface area (TPSA) is 55.6 Å². The molecule has 1 aliphatic rings. The van der Waals surface area contributed by atoms with Crippen LogP contribution in [0.3, 0.4) is 0 Å². The van der Waals surface area contributed by atoms with Crippen molar-refractivity contribution in [1.82, 2.24) is 19.6 Å². The van der Waals surface area contributed by atoms with Gasteiger partial charge in [-0.1, -0.05) is 12.1 Å². The van der Waals surface area contributed by atoms with Gasteiger partial charge in [0.2, 0.25) is 5.65 Å². The first-order chi connectivity index (χ1) is 12.7. The first-order valence-corrected chi connectivity index (χ1v) is 8.47. The zero-order valence-corrected chi connectivity index (χ0v) is 14.8. The van der Waals surface area contributed by atoms with Crippen molar-refractivity contribution in [1.29, 1.82) is 0 Å². The molecule has 1 saturated heterocycles. The van der Waals surface area contributed by atoms with Crippen LogP contribution < -0.4 is 4.90 Å². The highest BCUT2D eigenvalue weighted by atomic mass is 19.4. The summed E-state index contributed by atoms with van der Waals surface area (Å²) in [7, 11) is 0. The van der Waals surface area contributed by atoms with E-state index in [1.807, 2.05) is 18.7 Å². The Bertz CT molecular complexity index is 969. The highest BCUT2D eigenvalue weighted by Gasteiger charge is 2.37. The lowest BCUT2D eigenvalue weighted by Crippen LogP contribution is -2.50. The van der Waals surface area contributed by atoms with Crippen LogP contribution in [0, 0.1) is 0 Å². The molecule has 0 spiro atoms. The Kier molecular flexibility index (Phi) is 4.06. The van der Waals surface area contributed by atoms with Crippen LogP contribution in [0.4, 0.5) is 19.0 Å². The van der Waals surface area contributed by atoms with Crippen molar-refractivity contribution in [2.45, 2.75) is 31.7 Å². The third kappa shape index (κ3) is 3.46. The molecule has 142 valence electrons. The van der Waals surface area contributed by atoms with Gasteiger partial charge in [-0.25, -0.2) is 4.98 Å². The molecule has 2 aromatic heterocycles. The number of ether oxygens (including phenoxy) is 1. The molecule has 0 saturated carbocycles. The second-order valence-electron chi connectivity index (χ2n) is 7.18. The fourth-order valence-corrected chi connectivity index (χ4v) is 3.40. The van der Waals surface area contributed by atoms with Gasteiger partial charge < -0.3 is 9.64 Å². The third-order valence-electron chi connectivity index (χ3n) is 4.50. The molecule has 1 aromatic carbocycles. The number of nitrogens with zero attached hydrogens (tertiary/aromatic N) is 5. The molecule has 1 aliphatic heterocycles. The number of fused-ring (bicyclic) bond motifs is 1. The molecule has 0 aliphatic carbocycles. The van der Waals surface area contributed by atoms with Gasteiger partial charge in [0.15, 0.2) is 5.82 Å². The smallest absolute Gasteiger partial charge is 0.364 e. The van der Waals surface area contributed by atoms with Crippen LogP contribution in [0.2, 0.25) is 0 Å². The van der Waals surface area contributed by atoms with Gasteiger partial charge in [-0.05, 0) is 31.5 Å². The number of halogens is 3. The summed E-state index contributed by atoms with van der Waals surface area (Å²) < 4.78 is 47.1. The minimum atomic E-state index is -4.39. The van der Waals surface area contributed by atoms with Crippen molar-refractivity contribution >= 4 is 11.5 Å². The van der Waals surface area contributed by atoms with Crippen molar-refractivity contribution < 1.29 is 17.9 Å². The molecule has 0 N–H and O–H groups in total. The van der Waals surface area contributed by atoms with E-state index < -0.39 is 23.4 Å². The summed E-state index contributed by atoms with van der Waals surface area (Å²) in [5.74, 6) is 0.628. The maximum Gasteiger partial charge on any atom is 0.416 e. The molecule has 3 aromatic rings. The first-order valence-electron chi connectivity index (χ1n) is 8.47. The third-order valence-corrected chi connectivity index (χ3v) is 4.50. The average Bonchev–Trinajstić information content (AvgIpc) is 3.08. The molecule has 1 fully saturated rings. The molecule has 27 heavy (non-hydrogen) atoms. The zero-order chi connectivity index (χ0) is 19.2. The number of anilines is 1. The summed E-state index contributed by atoms with van der Waals surface area (Å²) in [6.45, 7) is 4.71. The maximum atomic E-state index is 13.1. The maximum absolute atomic E-state index is 13.1. The molecule has 6 nitrogen and oxygen atoms in total. The molecule has 1 unspecified atom stereocenters. The van der Waals surface area contributed by atoms with Gasteiger partial charge in [0.25, 0.3) is 0 Å². The summed E-state index contributed by atoms with van der Waals surface area (Å²) in [6, 6.07) is 5.28. The molecule has 1 atom stereocenters. The molecule has 0 amide bonds. The van der Waals surface area contributed by atoms with Gasteiger partial charge in [0.1, 0.15) is 12.4 Å². The predicted molar refractivity (Wildman–Crippen MR) is 92.3 cm³/mol. The average molecular weight is 377 g/mol. The summed E-state index contributed by atoms with van der Waals surface area (Å²) in [5.41, 5.74) is -0.184. The highest BCUT2D eigenvalue weighted by molar-refractivity contribution is 5.63. The number of rotatable bonds is 2. The van der Waals surface area contributed by atoms with Crippen LogP contribution in [0.5, 0.6) is 0 Å². The molecular weight excluding hydrogens is 359 g/mol. The van der Waals surface area contributed by atoms with E-state index >= 15 is 0 Å². The minimum absolute atomic E-state index is 0.365. The van der Waals surface area contributed by atoms with Crippen LogP contribution in [0.25, 0.3) is 5.65 Å². The minimum Gasteiger partial charge on any atom is -0.364 e. The standard InChI is InChI=1S/C18H18F3N5O/c1-17(2)10-26(15-16-24-23-11-25(16)7-6-22-15)9-14(27-17)12-4-3-5-13(8-12)18(19,20)21/h3-8,11,14H,9-10H2,1-2H3. The Hall–Kier alpha value is -2.68. The Balaban J connectivity index is 1.70. The van der Waals surface area contributed by atoms with Crippen molar-refractivity contribution in [3.63, 3.8) is 0 Å². The number of hydrogen-bond acceptors (Lipinski definition) is 5. The fraction of sp³-hybridized carbons (Fsp3) is 0.389. The van der Waals surface area contributed by atoms with Gasteiger partial charge in [0.05, 0.1) is 17.7 Å². The number of hydrogen-bond donors (Lipinski definition) is 0. The van der Waals surface area contributed by atoms with E-state index in [1.54, 1.807) is 29.2 Å². The quantitative estimate of drug-likeness (QED) is 0.684. The van der Waals surface area contributed by atoms with E-state index in [0.29, 0.717) is 30.1 Å². The Morgan fingerprint density at radius 1 is 1.26 bits per heavy atom. The van der Waals surface area contributed by atoms with E-state index in [1.165, 1.54) is 6.07 Å². The van der Waals surface area contributed by atoms with Crippen LogP contribution >= 0.6 is 0 Å². The van der Waals surface area contributed by atoms with Crippen LogP contribution in [0.15, 0.2) is 43.0 Å². The van der Waals surface area contributed by atoms with E-state index in [-0.39, 0.29) is 0 Å². The zero-order valence-electron chi connectivity index (χ0n) is 14.8. The lowest BCUT2D eigenvalue weighted by atomic mass is 9.99. The molecular formula is C18H18F3N5O. The molecule has 0 bridgehead atoms. The second kappa shape index (κ2) is 6.19. The first kappa shape index (κ1) is 17.7. The summed E-state index contributed by atoms with van der Waals surface area (Å²) in [4.78, 5) is 6.40. The van der Waals surface area contributed by atoms with Crippen LogP contribution in [-0.2, 0) is 10.9 Å². The fourth-order valence-electron chi connectivity index (χ4n) is 3.40. The molecule has 4 rings (SSSR count). The van der Waals surface area contributed by atoms with Gasteiger partial charge in [-0.15, -0.1) is 10.2 Å². The number of aromatic nitrogens is 4. The van der Waals surface area contributed by atoms with E-state index in [9.17, 15) is 13.2 Å². The molecule has 3 heterocycles. The summed E-state index contributed by atoms with van der Waals surface area (Å²) in [5, 5.41) is 8.00. The van der Waals surface area contributed by atoms with Crippen molar-refractivity contribution in [3.8, 4) is 0 Å². The Labute approximate surface area is 153 Å². The van der Waals surface area contributed by atoms with Gasteiger partial charge in [0, 0.05) is 18.9 Å². The van der Waals surface area contributed by atoms with Crippen molar-refractivity contribution in [2.24, 2.45) is 0 Å². The number of benzene rings is 1. The van der Waals surface area contributed by atoms with E-state index in [0.717, 1.165) is 12.1 Å². The van der Waals surface area contributed by atoms with E-state index in [2.05, 4.69) is 15.2 Å². The Morgan fingerprint density at radius 3 is 2.85 bits per heavy atom. The van der Waals surface area contributed by atoms with Crippen molar-refractivity contribution in [2.75, 3.05) is 18.0 Å². The SMILES string of the molecule is CC1(C)CN(c2nccn3cnnc23)CC(c2cccc(C(F)(F)F)c2)O1. The van der Waals surface area contributed by atoms with E-state index in [4.69, 9.17) is 4.74 Å². The molecule has 0 radical (unpaired) electrons. The molecule has 9 heteroatoms. The van der Waals surface area contributed by atoms with Gasteiger partial charge >= 0.3 is 6.18 Å². The lowest BCUT2D eigenvalue weighted by Gasteiger charge is -2.43. The second-order valence-corrected chi connectivity index (χ2v) is 7.18. The summed E-state index contributed by atoms with van der Waals surface area (Å²) >= 11 is 0. The van der Waals surface area contributed by atoms with Gasteiger partial charge in [-0.3, -0.25) is 4.40 Å². The monoisotopic (exact) mass is 377 g/mol. The number of morpholine rings is 1. The van der Waals surface area contributed by atoms with Crippen LogP contribution in [-0.4, -0.2) is 38.3 Å². The summed E-state index contributed by atoms with van der Waals surface area (Å²) in [6.07, 6.45) is 0.0496. The lowest BCUT2D eigenvalue weighted by molar-refractivity contribution is -0.137. The normalized spacial score (nSPS) is 20.2. The Morgan fingerprint density at radius 2 is 2.07 bits per heavy atom.